The van der Waals surface area contributed by atoms with Gasteiger partial charge >= 0.3 is 11.9 Å². The number of unbranched alkanes of at least 4 members (excludes halogenated alkanes) is 15. The maximum atomic E-state index is 10.8. The van der Waals surface area contributed by atoms with Gasteiger partial charge < -0.3 is 8.92 Å². The van der Waals surface area contributed by atoms with Gasteiger partial charge in [0.2, 0.25) is 0 Å². The molecule has 0 N–H and O–H groups in total. The third-order valence-electron chi connectivity index (χ3n) is 4.67. The summed E-state index contributed by atoms with van der Waals surface area (Å²) < 4.78 is 8.79. The van der Waals surface area contributed by atoms with Gasteiger partial charge in [0.05, 0.1) is 6.61 Å². The van der Waals surface area contributed by atoms with Gasteiger partial charge in [0, 0.05) is 25.1 Å². The van der Waals surface area contributed by atoms with Gasteiger partial charge in [0.25, 0.3) is 0 Å². The number of carbonyl (C=O) groups is 2. The van der Waals surface area contributed by atoms with Gasteiger partial charge in [-0.15, -0.1) is 0 Å². The summed E-state index contributed by atoms with van der Waals surface area (Å²) in [5.74, 6) is -0.829. The zero-order valence-electron chi connectivity index (χ0n) is 18.7. The van der Waals surface area contributed by atoms with E-state index in [0.29, 0.717) is 6.61 Å². The minimum atomic E-state index is -0.529. The molecule has 0 aliphatic heterocycles. The Morgan fingerprint density at radius 3 is 1.28 bits per heavy atom. The van der Waals surface area contributed by atoms with E-state index in [1.807, 2.05) is 0 Å². The predicted octanol–water partition coefficient (Wildman–Crippen LogP) is 7.54. The molecular weight excluding hydrogens is 384 g/mol. The van der Waals surface area contributed by atoms with Crippen LogP contribution in [0.4, 0.5) is 0 Å². The molecule has 4 nitrogen and oxygen atoms in total. The van der Waals surface area contributed by atoms with E-state index in [9.17, 15) is 9.59 Å². The van der Waals surface area contributed by atoms with E-state index in [-0.39, 0.29) is 5.97 Å². The Bertz CT molecular complexity index is 396. The lowest BCUT2D eigenvalue weighted by atomic mass is 10.0. The SMILES string of the molecule is C=CC(=O)OCCCCCCCCCCCCCCCCCC.C=CC(=O)OS. The van der Waals surface area contributed by atoms with Crippen LogP contribution in [0.3, 0.4) is 0 Å². The Morgan fingerprint density at radius 1 is 0.655 bits per heavy atom. The molecule has 0 atom stereocenters. The average molecular weight is 429 g/mol. The second-order valence-corrected chi connectivity index (χ2v) is 7.47. The highest BCUT2D eigenvalue weighted by Crippen LogP contribution is 2.13. The molecule has 0 aliphatic rings. The quantitative estimate of drug-likeness (QED) is 0.0759. The first-order chi connectivity index (χ1) is 14.1. The van der Waals surface area contributed by atoms with Crippen LogP contribution in [0, 0.1) is 0 Å². The molecule has 0 bridgehead atoms. The van der Waals surface area contributed by atoms with Gasteiger partial charge in [-0.05, 0) is 6.42 Å². The summed E-state index contributed by atoms with van der Waals surface area (Å²) in [6.45, 7) is 9.31. The Hall–Kier alpha value is -1.23. The Kier molecular flexibility index (Phi) is 27.7. The Balaban J connectivity index is 0. The van der Waals surface area contributed by atoms with Crippen LogP contribution in [0.25, 0.3) is 0 Å². The average Bonchev–Trinajstić information content (AvgIpc) is 2.75. The standard InChI is InChI=1S/C21H40O2.C3H4O2S/c1-3-5-6-7-8-9-10-11-12-13-14-15-16-17-18-19-20-23-21(22)4-2;1-2-3(4)5-6/h4H,2-3,5-20H2,1H3;2,6H,1H2. The lowest BCUT2D eigenvalue weighted by molar-refractivity contribution is -0.137. The highest BCUT2D eigenvalue weighted by molar-refractivity contribution is 7.75. The van der Waals surface area contributed by atoms with Crippen molar-refractivity contribution >= 4 is 24.8 Å². The van der Waals surface area contributed by atoms with Gasteiger partial charge in [-0.25, -0.2) is 9.59 Å². The summed E-state index contributed by atoms with van der Waals surface area (Å²) in [6.07, 6.45) is 24.0. The summed E-state index contributed by atoms with van der Waals surface area (Å²) in [6, 6.07) is 0. The molecule has 0 heterocycles. The van der Waals surface area contributed by atoms with Crippen LogP contribution in [-0.4, -0.2) is 18.5 Å². The monoisotopic (exact) mass is 428 g/mol. The third-order valence-corrected chi connectivity index (χ3v) is 4.85. The van der Waals surface area contributed by atoms with Crippen LogP contribution in [0.5, 0.6) is 0 Å². The molecule has 0 aromatic heterocycles. The van der Waals surface area contributed by atoms with Crippen molar-refractivity contribution in [1.29, 1.82) is 0 Å². The fourth-order valence-corrected chi connectivity index (χ4v) is 2.99. The van der Waals surface area contributed by atoms with E-state index in [1.165, 1.54) is 102 Å². The van der Waals surface area contributed by atoms with E-state index in [2.05, 4.69) is 37.2 Å². The van der Waals surface area contributed by atoms with Crippen LogP contribution in [0.1, 0.15) is 110 Å². The number of ether oxygens (including phenoxy) is 1. The minimum absolute atomic E-state index is 0.300. The lowest BCUT2D eigenvalue weighted by Gasteiger charge is -2.04. The first kappa shape index (κ1) is 30.0. The fourth-order valence-electron chi connectivity index (χ4n) is 2.92. The molecular formula is C24H44O4S. The number of esters is 1. The van der Waals surface area contributed by atoms with Crippen molar-refractivity contribution in [3.8, 4) is 0 Å². The number of thiol groups is 1. The highest BCUT2D eigenvalue weighted by atomic mass is 32.1. The van der Waals surface area contributed by atoms with E-state index in [1.54, 1.807) is 0 Å². The number of hydrogen-bond acceptors (Lipinski definition) is 5. The first-order valence-corrected chi connectivity index (χ1v) is 11.8. The summed E-state index contributed by atoms with van der Waals surface area (Å²) in [7, 11) is 0. The minimum Gasteiger partial charge on any atom is -0.463 e. The molecule has 0 unspecified atom stereocenters. The third kappa shape index (κ3) is 29.1. The molecule has 170 valence electrons. The van der Waals surface area contributed by atoms with Crippen LogP contribution in [-0.2, 0) is 18.5 Å². The maximum absolute atomic E-state index is 10.8. The topological polar surface area (TPSA) is 52.6 Å². The van der Waals surface area contributed by atoms with Crippen molar-refractivity contribution in [2.45, 2.75) is 110 Å². The number of carbonyl (C=O) groups excluding carboxylic acids is 2. The lowest BCUT2D eigenvalue weighted by Crippen LogP contribution is -2.01. The largest absolute Gasteiger partial charge is 0.463 e. The fraction of sp³-hybridized carbons (Fsp3) is 0.750. The smallest absolute Gasteiger partial charge is 0.341 e. The van der Waals surface area contributed by atoms with Crippen molar-refractivity contribution in [2.24, 2.45) is 0 Å². The molecule has 0 aliphatic carbocycles. The molecule has 0 spiro atoms. The van der Waals surface area contributed by atoms with Crippen LogP contribution in [0.2, 0.25) is 0 Å². The van der Waals surface area contributed by atoms with Gasteiger partial charge in [-0.3, -0.25) is 0 Å². The summed E-state index contributed by atoms with van der Waals surface area (Å²) in [5.41, 5.74) is 0. The van der Waals surface area contributed by atoms with Crippen molar-refractivity contribution in [1.82, 2.24) is 0 Å². The van der Waals surface area contributed by atoms with Crippen LogP contribution in [0.15, 0.2) is 25.3 Å². The molecule has 0 aromatic carbocycles. The van der Waals surface area contributed by atoms with Gasteiger partial charge in [-0.2, -0.15) is 0 Å². The second kappa shape index (κ2) is 26.8. The molecule has 0 saturated carbocycles. The van der Waals surface area contributed by atoms with Crippen LogP contribution >= 0.6 is 12.9 Å². The van der Waals surface area contributed by atoms with Crippen LogP contribution < -0.4 is 0 Å². The number of rotatable bonds is 19. The summed E-state index contributed by atoms with van der Waals surface area (Å²) >= 11 is 3.17. The molecule has 0 rings (SSSR count). The van der Waals surface area contributed by atoms with Crippen molar-refractivity contribution in [3.05, 3.63) is 25.3 Å². The van der Waals surface area contributed by atoms with Crippen molar-refractivity contribution in [2.75, 3.05) is 6.61 Å². The summed E-state index contributed by atoms with van der Waals surface area (Å²) in [5, 5.41) is 0. The zero-order valence-corrected chi connectivity index (χ0v) is 19.6. The van der Waals surface area contributed by atoms with E-state index >= 15 is 0 Å². The molecule has 5 heteroatoms. The molecule has 0 amide bonds. The zero-order chi connectivity index (χ0) is 22.0. The predicted molar refractivity (Wildman–Crippen MR) is 126 cm³/mol. The molecule has 0 fully saturated rings. The molecule has 0 aromatic rings. The molecule has 29 heavy (non-hydrogen) atoms. The van der Waals surface area contributed by atoms with E-state index < -0.39 is 5.97 Å². The maximum Gasteiger partial charge on any atom is 0.341 e. The Morgan fingerprint density at radius 2 is 1.00 bits per heavy atom. The van der Waals surface area contributed by atoms with E-state index in [4.69, 9.17) is 4.74 Å². The van der Waals surface area contributed by atoms with Crippen molar-refractivity contribution < 1.29 is 18.5 Å². The Labute approximate surface area is 185 Å². The van der Waals surface area contributed by atoms with Gasteiger partial charge in [-0.1, -0.05) is 116 Å². The molecule has 0 saturated heterocycles. The van der Waals surface area contributed by atoms with Gasteiger partial charge in [0.1, 0.15) is 0 Å². The van der Waals surface area contributed by atoms with Crippen molar-refractivity contribution in [3.63, 3.8) is 0 Å². The van der Waals surface area contributed by atoms with E-state index in [0.717, 1.165) is 12.5 Å². The first-order valence-electron chi connectivity index (χ1n) is 11.4. The molecule has 0 radical (unpaired) electrons. The highest BCUT2D eigenvalue weighted by Gasteiger charge is 1.96. The number of hydrogen-bond donors (Lipinski definition) is 1. The summed E-state index contributed by atoms with van der Waals surface area (Å²) in [4.78, 5) is 20.6. The normalized spacial score (nSPS) is 9.86. The second-order valence-electron chi connectivity index (χ2n) is 7.29. The van der Waals surface area contributed by atoms with Gasteiger partial charge in [0.15, 0.2) is 0 Å².